The summed E-state index contributed by atoms with van der Waals surface area (Å²) in [6, 6.07) is 14.5. The molecule has 1 aliphatic heterocycles. The standard InChI is InChI=1S/C37H45N7O6/c1-37(2,3)50-35(48)38-20-24-8-12-26(13-9-24)31(45)19-28(33(46)41-29-16-14-27(15-17-29)32-39-22-40-42-32)18-23-6-10-25(11-7-23)30-21-43(4)36(49)44(5)34(30)47/h6-7,10-11,14-17,21,24,26,28H,8-9,12-13,18-20,22H2,1-5H3,(H,38,48)(H,41,46)/t24?,26?,28-/m1/s1. The van der Waals surface area contributed by atoms with Gasteiger partial charge in [-0.2, -0.15) is 5.11 Å². The number of aromatic nitrogens is 2. The highest BCUT2D eigenvalue weighted by Crippen LogP contribution is 2.31. The molecule has 13 nitrogen and oxygen atoms in total. The fourth-order valence-electron chi connectivity index (χ4n) is 6.33. The molecule has 0 spiro atoms. The molecule has 2 N–H and O–H groups in total. The van der Waals surface area contributed by atoms with Gasteiger partial charge in [-0.1, -0.05) is 24.3 Å². The third kappa shape index (κ3) is 9.27. The summed E-state index contributed by atoms with van der Waals surface area (Å²) in [6.07, 6.45) is 4.45. The van der Waals surface area contributed by atoms with Crippen LogP contribution in [0, 0.1) is 17.8 Å². The Hall–Kier alpha value is -5.20. The molecule has 5 rings (SSSR count). The van der Waals surface area contributed by atoms with Crippen LogP contribution in [0.15, 0.2) is 79.5 Å². The van der Waals surface area contributed by atoms with Crippen LogP contribution in [0.3, 0.4) is 0 Å². The highest BCUT2D eigenvalue weighted by atomic mass is 16.6. The molecule has 0 bridgehead atoms. The van der Waals surface area contributed by atoms with E-state index in [1.807, 2.05) is 45.0 Å². The van der Waals surface area contributed by atoms with Gasteiger partial charge in [0.2, 0.25) is 5.91 Å². The number of hydrogen-bond acceptors (Lipinski definition) is 9. The molecule has 0 unspecified atom stereocenters. The van der Waals surface area contributed by atoms with Gasteiger partial charge in [-0.3, -0.25) is 19.0 Å². The summed E-state index contributed by atoms with van der Waals surface area (Å²) in [5, 5.41) is 13.7. The topological polar surface area (TPSA) is 166 Å². The monoisotopic (exact) mass is 683 g/mol. The number of amides is 2. The van der Waals surface area contributed by atoms with Crippen LogP contribution >= 0.6 is 0 Å². The van der Waals surface area contributed by atoms with Crippen molar-refractivity contribution in [3.8, 4) is 11.1 Å². The Morgan fingerprint density at radius 2 is 1.60 bits per heavy atom. The lowest BCUT2D eigenvalue weighted by molar-refractivity contribution is -0.129. The van der Waals surface area contributed by atoms with Crippen molar-refractivity contribution in [3.05, 3.63) is 86.7 Å². The number of ether oxygens (including phenoxy) is 1. The van der Waals surface area contributed by atoms with Gasteiger partial charge < -0.3 is 19.9 Å². The number of alkyl carbamates (subject to hydrolysis) is 1. The van der Waals surface area contributed by atoms with Gasteiger partial charge in [-0.05, 0) is 94.2 Å². The molecule has 0 radical (unpaired) electrons. The Morgan fingerprint density at radius 3 is 2.22 bits per heavy atom. The number of nitrogens with zero attached hydrogens (tertiary/aromatic N) is 5. The Bertz CT molecular complexity index is 1890. The minimum Gasteiger partial charge on any atom is -0.444 e. The lowest BCUT2D eigenvalue weighted by Crippen LogP contribution is -2.37. The number of anilines is 1. The zero-order chi connectivity index (χ0) is 36.0. The summed E-state index contributed by atoms with van der Waals surface area (Å²) in [6.45, 7) is 6.26. The second-order valence-corrected chi connectivity index (χ2v) is 14.1. The fraction of sp³-hybridized carbons (Fsp3) is 0.459. The van der Waals surface area contributed by atoms with Crippen LogP contribution in [0.4, 0.5) is 10.5 Å². The molecule has 1 aliphatic carbocycles. The molecule has 1 atom stereocenters. The molecule has 1 fully saturated rings. The summed E-state index contributed by atoms with van der Waals surface area (Å²) < 4.78 is 7.77. The summed E-state index contributed by atoms with van der Waals surface area (Å²) in [4.78, 5) is 68.7. The molecular weight excluding hydrogens is 638 g/mol. The van der Waals surface area contributed by atoms with Crippen LogP contribution in [-0.2, 0) is 34.8 Å². The van der Waals surface area contributed by atoms with Crippen molar-refractivity contribution in [3.63, 3.8) is 0 Å². The van der Waals surface area contributed by atoms with Crippen LogP contribution in [0.1, 0.15) is 64.0 Å². The number of carbonyl (C=O) groups is 3. The summed E-state index contributed by atoms with van der Waals surface area (Å²) in [5.74, 6) is -0.220. The number of aryl methyl sites for hydroxylation is 1. The number of amidine groups is 1. The zero-order valence-corrected chi connectivity index (χ0v) is 29.3. The number of azo groups is 1. The van der Waals surface area contributed by atoms with Crippen molar-refractivity contribution in [2.24, 2.45) is 47.1 Å². The maximum atomic E-state index is 13.8. The molecule has 1 saturated carbocycles. The first kappa shape index (κ1) is 36.1. The van der Waals surface area contributed by atoms with E-state index in [2.05, 4.69) is 25.9 Å². The van der Waals surface area contributed by atoms with Crippen LogP contribution < -0.4 is 21.9 Å². The van der Waals surface area contributed by atoms with Crippen molar-refractivity contribution < 1.29 is 19.1 Å². The number of benzene rings is 2. The third-order valence-corrected chi connectivity index (χ3v) is 9.11. The lowest BCUT2D eigenvalue weighted by atomic mass is 9.77. The molecule has 0 saturated heterocycles. The maximum absolute atomic E-state index is 13.8. The van der Waals surface area contributed by atoms with E-state index in [-0.39, 0.29) is 29.9 Å². The van der Waals surface area contributed by atoms with Crippen LogP contribution in [-0.4, -0.2) is 51.6 Å². The molecule has 3 aromatic rings. The van der Waals surface area contributed by atoms with Gasteiger partial charge in [0.15, 0.2) is 12.5 Å². The number of Topliss-reactive ketones (excluding diaryl/α,β-unsaturated/α-hetero) is 1. The largest absolute Gasteiger partial charge is 0.444 e. The molecule has 1 aromatic heterocycles. The van der Waals surface area contributed by atoms with E-state index in [4.69, 9.17) is 4.74 Å². The van der Waals surface area contributed by atoms with Crippen molar-refractivity contribution in [2.75, 3.05) is 18.5 Å². The highest BCUT2D eigenvalue weighted by Gasteiger charge is 2.31. The predicted molar refractivity (Wildman–Crippen MR) is 190 cm³/mol. The van der Waals surface area contributed by atoms with Gasteiger partial charge in [0.1, 0.15) is 11.4 Å². The number of nitrogens with one attached hydrogen (secondary N) is 2. The van der Waals surface area contributed by atoms with Gasteiger partial charge >= 0.3 is 11.8 Å². The number of aliphatic imine (C=N–C) groups is 1. The molecule has 2 amide bonds. The van der Waals surface area contributed by atoms with Gasteiger partial charge in [-0.25, -0.2) is 14.6 Å². The summed E-state index contributed by atoms with van der Waals surface area (Å²) in [7, 11) is 3.03. The first-order valence-electron chi connectivity index (χ1n) is 17.0. The smallest absolute Gasteiger partial charge is 0.407 e. The van der Waals surface area contributed by atoms with Gasteiger partial charge in [-0.15, -0.1) is 5.11 Å². The first-order valence-corrected chi connectivity index (χ1v) is 17.0. The number of hydrogen-bond donors (Lipinski definition) is 2. The van der Waals surface area contributed by atoms with Gasteiger partial charge in [0.25, 0.3) is 5.56 Å². The number of rotatable bonds is 11. The molecule has 2 aromatic carbocycles. The lowest BCUT2D eigenvalue weighted by Gasteiger charge is -2.29. The second-order valence-electron chi connectivity index (χ2n) is 14.1. The quantitative estimate of drug-likeness (QED) is 0.288. The Kier molecular flexibility index (Phi) is 11.2. The molecular formula is C37H45N7O6. The minimum absolute atomic E-state index is 0.0500. The van der Waals surface area contributed by atoms with E-state index in [9.17, 15) is 24.0 Å². The molecule has 2 aliphatic rings. The Labute approximate surface area is 290 Å². The van der Waals surface area contributed by atoms with Crippen molar-refractivity contribution in [2.45, 2.75) is 64.9 Å². The average molecular weight is 684 g/mol. The second kappa shape index (κ2) is 15.6. The SMILES string of the molecule is Cn1cc(-c2ccc(C[C@H](CC(=O)C3CCC(CNC(=O)OC(C)(C)C)CC3)C(=O)Nc3ccc(C4=NCN=N4)cc3)cc2)c(=O)n(C)c1=O. The average Bonchev–Trinajstić information content (AvgIpc) is 3.63. The maximum Gasteiger partial charge on any atom is 0.407 e. The minimum atomic E-state index is -0.641. The Morgan fingerprint density at radius 1 is 0.940 bits per heavy atom. The van der Waals surface area contributed by atoms with Crippen LogP contribution in [0.5, 0.6) is 0 Å². The predicted octanol–water partition coefficient (Wildman–Crippen LogP) is 5.01. The molecule has 2 heterocycles. The molecule has 50 heavy (non-hydrogen) atoms. The van der Waals surface area contributed by atoms with E-state index in [1.165, 1.54) is 17.8 Å². The van der Waals surface area contributed by atoms with Gasteiger partial charge in [0.05, 0.1) is 5.56 Å². The van der Waals surface area contributed by atoms with E-state index in [0.717, 1.165) is 28.5 Å². The fourth-order valence-corrected chi connectivity index (χ4v) is 6.33. The van der Waals surface area contributed by atoms with Crippen molar-refractivity contribution in [1.82, 2.24) is 14.5 Å². The van der Waals surface area contributed by atoms with Crippen molar-refractivity contribution >= 4 is 29.3 Å². The molecule has 13 heteroatoms. The van der Waals surface area contributed by atoms with Crippen LogP contribution in [0.2, 0.25) is 0 Å². The first-order chi connectivity index (χ1) is 23.8. The van der Waals surface area contributed by atoms with E-state index < -0.39 is 28.9 Å². The van der Waals surface area contributed by atoms with E-state index >= 15 is 0 Å². The molecule has 264 valence electrons. The normalized spacial score (nSPS) is 17.9. The van der Waals surface area contributed by atoms with Crippen LogP contribution in [0.25, 0.3) is 11.1 Å². The number of ketones is 1. The van der Waals surface area contributed by atoms with Crippen molar-refractivity contribution in [1.29, 1.82) is 0 Å². The highest BCUT2D eigenvalue weighted by molar-refractivity contribution is 6.01. The summed E-state index contributed by atoms with van der Waals surface area (Å²) in [5.41, 5.74) is 1.87. The Balaban J connectivity index is 1.26. The number of carbonyl (C=O) groups excluding carboxylic acids is 3. The zero-order valence-electron chi connectivity index (χ0n) is 29.3. The van der Waals surface area contributed by atoms with E-state index in [0.29, 0.717) is 55.1 Å². The van der Waals surface area contributed by atoms with Gasteiger partial charge in [0, 0.05) is 56.3 Å². The van der Waals surface area contributed by atoms with E-state index in [1.54, 1.807) is 31.3 Å². The third-order valence-electron chi connectivity index (χ3n) is 9.11. The summed E-state index contributed by atoms with van der Waals surface area (Å²) >= 11 is 0.